The van der Waals surface area contributed by atoms with Gasteiger partial charge in [-0.15, -0.1) is 11.3 Å². The van der Waals surface area contributed by atoms with Gasteiger partial charge in [-0.05, 0) is 38.6 Å². The van der Waals surface area contributed by atoms with Gasteiger partial charge in [-0.3, -0.25) is 0 Å². The lowest BCUT2D eigenvalue weighted by atomic mass is 10.1. The number of methoxy groups -OCH3 is 2. The minimum absolute atomic E-state index is 0.0383. The number of nitrogens with one attached hydrogen (secondary N) is 1. The molecule has 0 aliphatic carbocycles. The van der Waals surface area contributed by atoms with Crippen LogP contribution in [0.25, 0.3) is 0 Å². The number of rotatable bonds is 5. The maximum absolute atomic E-state index is 5.33. The summed E-state index contributed by atoms with van der Waals surface area (Å²) in [4.78, 5) is 5.89. The lowest BCUT2D eigenvalue weighted by molar-refractivity contribution is 0.392. The smallest absolute Gasteiger partial charge is 0.122 e. The standard InChI is InChI=1S/C15H20N2O2S/c1-9-10(2)20-15(17-9)14(16-3)11-6-12(18-4)8-13(7-11)19-5/h6-8,14,16H,1-5H3. The average molecular weight is 292 g/mol. The van der Waals surface area contributed by atoms with E-state index in [1.165, 1.54) is 4.88 Å². The Hall–Kier alpha value is -1.59. The van der Waals surface area contributed by atoms with Crippen molar-refractivity contribution in [1.29, 1.82) is 0 Å². The summed E-state index contributed by atoms with van der Waals surface area (Å²) in [5, 5.41) is 4.37. The summed E-state index contributed by atoms with van der Waals surface area (Å²) in [5.74, 6) is 1.56. The van der Waals surface area contributed by atoms with E-state index in [4.69, 9.17) is 9.47 Å². The predicted molar refractivity (Wildman–Crippen MR) is 82.0 cm³/mol. The third-order valence-electron chi connectivity index (χ3n) is 3.29. The van der Waals surface area contributed by atoms with Crippen LogP contribution < -0.4 is 14.8 Å². The molecule has 0 fully saturated rings. The van der Waals surface area contributed by atoms with Crippen molar-refractivity contribution in [2.75, 3.05) is 21.3 Å². The van der Waals surface area contributed by atoms with Crippen LogP contribution in [-0.2, 0) is 0 Å². The first-order chi connectivity index (χ1) is 9.58. The van der Waals surface area contributed by atoms with E-state index in [0.717, 1.165) is 27.8 Å². The van der Waals surface area contributed by atoms with E-state index in [2.05, 4.69) is 17.2 Å². The van der Waals surface area contributed by atoms with Gasteiger partial charge in [-0.1, -0.05) is 0 Å². The summed E-state index contributed by atoms with van der Waals surface area (Å²) in [7, 11) is 5.25. The maximum Gasteiger partial charge on any atom is 0.122 e. The Bertz CT molecular complexity index is 554. The van der Waals surface area contributed by atoms with Crippen molar-refractivity contribution in [3.8, 4) is 11.5 Å². The maximum atomic E-state index is 5.33. The molecule has 4 nitrogen and oxygen atoms in total. The van der Waals surface area contributed by atoms with Crippen molar-refractivity contribution >= 4 is 11.3 Å². The molecule has 1 aromatic heterocycles. The quantitative estimate of drug-likeness (QED) is 0.919. The highest BCUT2D eigenvalue weighted by atomic mass is 32.1. The molecule has 20 heavy (non-hydrogen) atoms. The van der Waals surface area contributed by atoms with Crippen LogP contribution in [0.15, 0.2) is 18.2 Å². The first-order valence-electron chi connectivity index (χ1n) is 6.43. The number of benzene rings is 1. The van der Waals surface area contributed by atoms with Crippen LogP contribution in [-0.4, -0.2) is 26.3 Å². The average Bonchev–Trinajstić information content (AvgIpc) is 2.78. The van der Waals surface area contributed by atoms with Gasteiger partial charge < -0.3 is 14.8 Å². The van der Waals surface area contributed by atoms with E-state index < -0.39 is 0 Å². The Morgan fingerprint density at radius 2 is 1.70 bits per heavy atom. The zero-order valence-corrected chi connectivity index (χ0v) is 13.3. The van der Waals surface area contributed by atoms with E-state index in [0.29, 0.717) is 0 Å². The molecule has 0 saturated heterocycles. The fourth-order valence-corrected chi connectivity index (χ4v) is 3.11. The van der Waals surface area contributed by atoms with Crippen molar-refractivity contribution in [3.05, 3.63) is 39.3 Å². The van der Waals surface area contributed by atoms with Crippen molar-refractivity contribution in [2.45, 2.75) is 19.9 Å². The van der Waals surface area contributed by atoms with Crippen LogP contribution in [0.2, 0.25) is 0 Å². The molecule has 5 heteroatoms. The molecule has 0 radical (unpaired) electrons. The first kappa shape index (κ1) is 14.8. The number of nitrogens with zero attached hydrogens (tertiary/aromatic N) is 1. The van der Waals surface area contributed by atoms with Gasteiger partial charge in [0, 0.05) is 10.9 Å². The molecule has 0 aliphatic heterocycles. The van der Waals surface area contributed by atoms with E-state index in [1.807, 2.05) is 32.2 Å². The Balaban J connectivity index is 2.45. The van der Waals surface area contributed by atoms with Gasteiger partial charge in [0.25, 0.3) is 0 Å². The Morgan fingerprint density at radius 3 is 2.10 bits per heavy atom. The Morgan fingerprint density at radius 1 is 1.10 bits per heavy atom. The summed E-state index contributed by atoms with van der Waals surface area (Å²) >= 11 is 1.71. The lowest BCUT2D eigenvalue weighted by Crippen LogP contribution is -2.17. The molecule has 0 amide bonds. The largest absolute Gasteiger partial charge is 0.497 e. The Kier molecular flexibility index (Phi) is 4.62. The van der Waals surface area contributed by atoms with Crippen LogP contribution in [0.3, 0.4) is 0 Å². The van der Waals surface area contributed by atoms with Crippen molar-refractivity contribution in [1.82, 2.24) is 10.3 Å². The number of hydrogen-bond donors (Lipinski definition) is 1. The van der Waals surface area contributed by atoms with Crippen LogP contribution >= 0.6 is 11.3 Å². The fraction of sp³-hybridized carbons (Fsp3) is 0.400. The zero-order chi connectivity index (χ0) is 14.7. The third kappa shape index (κ3) is 2.94. The molecular formula is C15H20N2O2S. The van der Waals surface area contributed by atoms with Gasteiger partial charge in [0.05, 0.1) is 26.0 Å². The van der Waals surface area contributed by atoms with E-state index in [1.54, 1.807) is 25.6 Å². The van der Waals surface area contributed by atoms with Gasteiger partial charge in [0.1, 0.15) is 16.5 Å². The summed E-state index contributed by atoms with van der Waals surface area (Å²) in [6, 6.07) is 5.93. The van der Waals surface area contributed by atoms with E-state index >= 15 is 0 Å². The molecule has 2 aromatic rings. The van der Waals surface area contributed by atoms with Crippen LogP contribution in [0.1, 0.15) is 27.2 Å². The number of thiazole rings is 1. The van der Waals surface area contributed by atoms with Gasteiger partial charge in [-0.25, -0.2) is 4.98 Å². The van der Waals surface area contributed by atoms with Crippen LogP contribution in [0.4, 0.5) is 0 Å². The van der Waals surface area contributed by atoms with Crippen LogP contribution in [0.5, 0.6) is 11.5 Å². The molecule has 1 unspecified atom stereocenters. The zero-order valence-electron chi connectivity index (χ0n) is 12.5. The molecule has 0 bridgehead atoms. The number of ether oxygens (including phenoxy) is 2. The highest BCUT2D eigenvalue weighted by Crippen LogP contribution is 2.32. The summed E-state index contributed by atoms with van der Waals surface area (Å²) in [5.41, 5.74) is 2.16. The molecule has 0 spiro atoms. The summed E-state index contributed by atoms with van der Waals surface area (Å²) < 4.78 is 10.7. The monoisotopic (exact) mass is 292 g/mol. The number of aromatic nitrogens is 1. The van der Waals surface area contributed by atoms with Gasteiger partial charge in [0.15, 0.2) is 0 Å². The second kappa shape index (κ2) is 6.24. The van der Waals surface area contributed by atoms with Crippen molar-refractivity contribution in [3.63, 3.8) is 0 Å². The SMILES string of the molecule is CNC(c1cc(OC)cc(OC)c1)c1nc(C)c(C)s1. The fourth-order valence-electron chi connectivity index (χ4n) is 2.05. The summed E-state index contributed by atoms with van der Waals surface area (Å²) in [6.45, 7) is 4.13. The van der Waals surface area contributed by atoms with E-state index in [-0.39, 0.29) is 6.04 Å². The second-order valence-electron chi connectivity index (χ2n) is 4.56. The normalized spacial score (nSPS) is 12.2. The predicted octanol–water partition coefficient (Wildman–Crippen LogP) is 3.09. The molecule has 1 N–H and O–H groups in total. The molecule has 1 atom stereocenters. The van der Waals surface area contributed by atoms with Gasteiger partial charge in [0.2, 0.25) is 0 Å². The number of hydrogen-bond acceptors (Lipinski definition) is 5. The minimum atomic E-state index is 0.0383. The molecule has 108 valence electrons. The molecule has 0 saturated carbocycles. The molecule has 1 aromatic carbocycles. The molecular weight excluding hydrogens is 272 g/mol. The number of aryl methyl sites for hydroxylation is 2. The van der Waals surface area contributed by atoms with Gasteiger partial charge in [-0.2, -0.15) is 0 Å². The van der Waals surface area contributed by atoms with Crippen molar-refractivity contribution < 1.29 is 9.47 Å². The van der Waals surface area contributed by atoms with Gasteiger partial charge >= 0.3 is 0 Å². The lowest BCUT2D eigenvalue weighted by Gasteiger charge is -2.16. The topological polar surface area (TPSA) is 43.4 Å². The van der Waals surface area contributed by atoms with Crippen LogP contribution in [0, 0.1) is 13.8 Å². The second-order valence-corrected chi connectivity index (χ2v) is 5.80. The first-order valence-corrected chi connectivity index (χ1v) is 7.24. The molecule has 0 aliphatic rings. The summed E-state index contributed by atoms with van der Waals surface area (Å²) in [6.07, 6.45) is 0. The van der Waals surface area contributed by atoms with Crippen molar-refractivity contribution in [2.24, 2.45) is 0 Å². The third-order valence-corrected chi connectivity index (χ3v) is 4.43. The Labute approximate surface area is 123 Å². The van der Waals surface area contributed by atoms with E-state index in [9.17, 15) is 0 Å². The molecule has 1 heterocycles. The minimum Gasteiger partial charge on any atom is -0.497 e. The molecule has 2 rings (SSSR count). The highest BCUT2D eigenvalue weighted by molar-refractivity contribution is 7.11. The highest BCUT2D eigenvalue weighted by Gasteiger charge is 2.18.